The van der Waals surface area contributed by atoms with Gasteiger partial charge in [0.15, 0.2) is 0 Å². The Kier molecular flexibility index (Phi) is 5.89. The number of hydrogen-bond acceptors (Lipinski definition) is 6. The molecule has 2 aliphatic rings. The Balaban J connectivity index is 1.34. The van der Waals surface area contributed by atoms with Gasteiger partial charge in [-0.05, 0) is 24.1 Å². The molecule has 0 radical (unpaired) electrons. The van der Waals surface area contributed by atoms with Crippen molar-refractivity contribution in [2.45, 2.75) is 24.3 Å². The van der Waals surface area contributed by atoms with Gasteiger partial charge in [-0.15, -0.1) is 11.8 Å². The van der Waals surface area contributed by atoms with Crippen molar-refractivity contribution in [3.63, 3.8) is 0 Å². The van der Waals surface area contributed by atoms with Crippen LogP contribution in [0.15, 0.2) is 41.4 Å². The Morgan fingerprint density at radius 3 is 2.78 bits per heavy atom. The fourth-order valence-electron chi connectivity index (χ4n) is 3.35. The standard InChI is InChI=1S/C20H24N4O2S/c25-19(7-13-27-17-4-2-1-3-5-17)24-8-6-16-14-21-20(22-18(16)15-24)23-9-11-26-12-10-23/h1-5,14H,6-13,15H2. The average Bonchev–Trinajstić information content (AvgIpc) is 2.74. The number of anilines is 1. The number of carbonyl (C=O) groups excluding carboxylic acids is 1. The van der Waals surface area contributed by atoms with Gasteiger partial charge in [0.1, 0.15) is 0 Å². The van der Waals surface area contributed by atoms with Crippen LogP contribution in [0.2, 0.25) is 0 Å². The molecular formula is C20H24N4O2S. The lowest BCUT2D eigenvalue weighted by Gasteiger charge is -2.30. The molecule has 1 aromatic carbocycles. The van der Waals surface area contributed by atoms with E-state index in [0.717, 1.165) is 49.0 Å². The average molecular weight is 385 g/mol. The number of thioether (sulfide) groups is 1. The minimum absolute atomic E-state index is 0.204. The first-order valence-corrected chi connectivity index (χ1v) is 10.4. The highest BCUT2D eigenvalue weighted by Crippen LogP contribution is 2.22. The van der Waals surface area contributed by atoms with Gasteiger partial charge in [0.25, 0.3) is 0 Å². The van der Waals surface area contributed by atoms with Crippen LogP contribution in [0.3, 0.4) is 0 Å². The molecule has 0 N–H and O–H groups in total. The van der Waals surface area contributed by atoms with E-state index in [1.165, 1.54) is 4.90 Å². The first-order chi connectivity index (χ1) is 13.3. The van der Waals surface area contributed by atoms with E-state index in [9.17, 15) is 4.79 Å². The summed E-state index contributed by atoms with van der Waals surface area (Å²) < 4.78 is 5.40. The molecule has 4 rings (SSSR count). The Hall–Kier alpha value is -2.12. The Morgan fingerprint density at radius 1 is 1.15 bits per heavy atom. The van der Waals surface area contributed by atoms with Crippen molar-refractivity contribution in [1.29, 1.82) is 0 Å². The van der Waals surface area contributed by atoms with Crippen molar-refractivity contribution >= 4 is 23.6 Å². The molecule has 1 saturated heterocycles. The number of ether oxygens (including phenoxy) is 1. The number of morpholine rings is 1. The number of rotatable bonds is 5. The summed E-state index contributed by atoms with van der Waals surface area (Å²) >= 11 is 1.73. The van der Waals surface area contributed by atoms with E-state index in [1.807, 2.05) is 29.3 Å². The van der Waals surface area contributed by atoms with Crippen molar-refractivity contribution in [1.82, 2.24) is 14.9 Å². The molecule has 6 nitrogen and oxygen atoms in total. The molecule has 1 fully saturated rings. The summed E-state index contributed by atoms with van der Waals surface area (Å²) in [5.41, 5.74) is 2.15. The summed E-state index contributed by atoms with van der Waals surface area (Å²) in [6, 6.07) is 10.2. The number of hydrogen-bond donors (Lipinski definition) is 0. The van der Waals surface area contributed by atoms with Crippen molar-refractivity contribution in [3.8, 4) is 0 Å². The van der Waals surface area contributed by atoms with E-state index in [-0.39, 0.29) is 5.91 Å². The van der Waals surface area contributed by atoms with Crippen LogP contribution in [0.25, 0.3) is 0 Å². The van der Waals surface area contributed by atoms with E-state index in [2.05, 4.69) is 22.0 Å². The molecule has 142 valence electrons. The number of fused-ring (bicyclic) bond motifs is 1. The molecule has 27 heavy (non-hydrogen) atoms. The third-order valence-electron chi connectivity index (χ3n) is 4.91. The Morgan fingerprint density at radius 2 is 1.96 bits per heavy atom. The molecule has 7 heteroatoms. The molecule has 2 aliphatic heterocycles. The lowest BCUT2D eigenvalue weighted by molar-refractivity contribution is -0.131. The lowest BCUT2D eigenvalue weighted by Crippen LogP contribution is -2.39. The second kappa shape index (κ2) is 8.71. The zero-order chi connectivity index (χ0) is 18.5. The van der Waals surface area contributed by atoms with Crippen LogP contribution in [0.4, 0.5) is 5.95 Å². The SMILES string of the molecule is O=C(CCSc1ccccc1)N1CCc2cnc(N3CCOCC3)nc2C1. The highest BCUT2D eigenvalue weighted by molar-refractivity contribution is 7.99. The maximum Gasteiger partial charge on any atom is 0.225 e. The fourth-order valence-corrected chi connectivity index (χ4v) is 4.21. The van der Waals surface area contributed by atoms with Crippen molar-refractivity contribution in [2.75, 3.05) is 43.5 Å². The van der Waals surface area contributed by atoms with E-state index in [1.54, 1.807) is 11.8 Å². The van der Waals surface area contributed by atoms with Crippen LogP contribution in [-0.4, -0.2) is 59.4 Å². The van der Waals surface area contributed by atoms with Gasteiger partial charge in [0, 0.05) is 42.9 Å². The third-order valence-corrected chi connectivity index (χ3v) is 5.92. The lowest BCUT2D eigenvalue weighted by atomic mass is 10.1. The van der Waals surface area contributed by atoms with Crippen LogP contribution in [-0.2, 0) is 22.5 Å². The highest BCUT2D eigenvalue weighted by Gasteiger charge is 2.23. The fraction of sp³-hybridized carbons (Fsp3) is 0.450. The number of aromatic nitrogens is 2. The summed E-state index contributed by atoms with van der Waals surface area (Å²) in [4.78, 5) is 27.2. The monoisotopic (exact) mass is 384 g/mol. The zero-order valence-electron chi connectivity index (χ0n) is 15.3. The van der Waals surface area contributed by atoms with Crippen molar-refractivity contribution in [2.24, 2.45) is 0 Å². The first kappa shape index (κ1) is 18.3. The van der Waals surface area contributed by atoms with E-state index in [4.69, 9.17) is 9.72 Å². The molecule has 0 saturated carbocycles. The number of carbonyl (C=O) groups is 1. The highest BCUT2D eigenvalue weighted by atomic mass is 32.2. The number of benzene rings is 1. The second-order valence-corrected chi connectivity index (χ2v) is 7.89. The first-order valence-electron chi connectivity index (χ1n) is 9.43. The molecule has 1 aromatic heterocycles. The molecule has 0 bridgehead atoms. The summed E-state index contributed by atoms with van der Waals surface area (Å²) in [7, 11) is 0. The summed E-state index contributed by atoms with van der Waals surface area (Å²) in [6.07, 6.45) is 3.31. The molecule has 2 aromatic rings. The molecule has 0 spiro atoms. The van der Waals surface area contributed by atoms with Crippen LogP contribution in [0.5, 0.6) is 0 Å². The van der Waals surface area contributed by atoms with Crippen molar-refractivity contribution < 1.29 is 9.53 Å². The predicted octanol–water partition coefficient (Wildman–Crippen LogP) is 2.38. The normalized spacial score (nSPS) is 16.9. The predicted molar refractivity (Wildman–Crippen MR) is 106 cm³/mol. The minimum Gasteiger partial charge on any atom is -0.378 e. The quantitative estimate of drug-likeness (QED) is 0.738. The van der Waals surface area contributed by atoms with Gasteiger partial charge in [-0.25, -0.2) is 9.97 Å². The molecule has 0 unspecified atom stereocenters. The molecular weight excluding hydrogens is 360 g/mol. The summed E-state index contributed by atoms with van der Waals surface area (Å²) in [5, 5.41) is 0. The van der Waals surface area contributed by atoms with Gasteiger partial charge < -0.3 is 14.5 Å². The Labute approximate surface area is 163 Å². The number of nitrogens with zero attached hydrogens (tertiary/aromatic N) is 4. The van der Waals surface area contributed by atoms with E-state index >= 15 is 0 Å². The maximum absolute atomic E-state index is 12.6. The van der Waals surface area contributed by atoms with Crippen molar-refractivity contribution in [3.05, 3.63) is 47.8 Å². The van der Waals surface area contributed by atoms with Crippen LogP contribution in [0, 0.1) is 0 Å². The van der Waals surface area contributed by atoms with Crippen LogP contribution in [0.1, 0.15) is 17.7 Å². The largest absolute Gasteiger partial charge is 0.378 e. The molecule has 0 atom stereocenters. The van der Waals surface area contributed by atoms with E-state index in [0.29, 0.717) is 26.2 Å². The maximum atomic E-state index is 12.6. The summed E-state index contributed by atoms with van der Waals surface area (Å²) in [5.74, 6) is 1.76. The number of amides is 1. The van der Waals surface area contributed by atoms with Crippen LogP contribution >= 0.6 is 11.8 Å². The van der Waals surface area contributed by atoms with Gasteiger partial charge in [0.2, 0.25) is 11.9 Å². The van der Waals surface area contributed by atoms with Gasteiger partial charge >= 0.3 is 0 Å². The second-order valence-electron chi connectivity index (χ2n) is 6.72. The summed E-state index contributed by atoms with van der Waals surface area (Å²) in [6.45, 7) is 4.40. The molecule has 0 aliphatic carbocycles. The van der Waals surface area contributed by atoms with Gasteiger partial charge in [-0.2, -0.15) is 0 Å². The smallest absolute Gasteiger partial charge is 0.225 e. The third kappa shape index (κ3) is 4.59. The molecule has 1 amide bonds. The topological polar surface area (TPSA) is 58.6 Å². The van der Waals surface area contributed by atoms with Gasteiger partial charge in [-0.3, -0.25) is 4.79 Å². The van der Waals surface area contributed by atoms with Gasteiger partial charge in [-0.1, -0.05) is 18.2 Å². The van der Waals surface area contributed by atoms with Crippen LogP contribution < -0.4 is 4.90 Å². The van der Waals surface area contributed by atoms with E-state index < -0.39 is 0 Å². The zero-order valence-corrected chi connectivity index (χ0v) is 16.2. The minimum atomic E-state index is 0.204. The Bertz CT molecular complexity index is 781. The van der Waals surface area contributed by atoms with Gasteiger partial charge in [0.05, 0.1) is 25.5 Å². The molecule has 3 heterocycles.